The van der Waals surface area contributed by atoms with Crippen LogP contribution in [-0.4, -0.2) is 30.1 Å². The number of hydrogen-bond donors (Lipinski definition) is 0. The average molecular weight is 291 g/mol. The van der Waals surface area contributed by atoms with Crippen LogP contribution in [0.1, 0.15) is 56.3 Å². The monoisotopic (exact) mass is 291 g/mol. The Hall–Kier alpha value is -1.42. The number of hydrogen-bond acceptors (Lipinski definition) is 4. The summed E-state index contributed by atoms with van der Waals surface area (Å²) in [6.45, 7) is 3.91. The minimum Gasteiger partial charge on any atom is -0.489 e. The highest BCUT2D eigenvalue weighted by molar-refractivity contribution is 5.99. The number of aromatic nitrogens is 1. The molecular formula is C17H25NO3. The van der Waals surface area contributed by atoms with Crippen LogP contribution in [0.15, 0.2) is 18.5 Å². The predicted octanol–water partition coefficient (Wildman–Crippen LogP) is 3.65. The molecule has 0 bridgehead atoms. The molecule has 0 spiro atoms. The summed E-state index contributed by atoms with van der Waals surface area (Å²) in [5, 5.41) is 0. The number of carbonyl (C=O) groups excluding carboxylic acids is 1. The van der Waals surface area contributed by atoms with Gasteiger partial charge in [0.2, 0.25) is 0 Å². The van der Waals surface area contributed by atoms with Gasteiger partial charge in [0, 0.05) is 18.9 Å². The first-order valence-corrected chi connectivity index (χ1v) is 7.80. The van der Waals surface area contributed by atoms with E-state index in [1.165, 1.54) is 19.3 Å². The summed E-state index contributed by atoms with van der Waals surface area (Å²) in [4.78, 5) is 16.8. The Morgan fingerprint density at radius 2 is 1.95 bits per heavy atom. The molecule has 4 nitrogen and oxygen atoms in total. The van der Waals surface area contributed by atoms with Gasteiger partial charge in [0.1, 0.15) is 11.9 Å². The lowest BCUT2D eigenvalue weighted by Crippen LogP contribution is -2.33. The second-order valence-corrected chi connectivity index (χ2v) is 5.99. The standard InChI is InChI=1S/C17H25NO3/c1-12(2)21-15-9-14(10-18-11-15)16(19)17(20-3)13-7-5-4-6-8-13/h9-13,17H,4-8H2,1-3H3. The van der Waals surface area contributed by atoms with Crippen molar-refractivity contribution in [3.63, 3.8) is 0 Å². The van der Waals surface area contributed by atoms with E-state index in [9.17, 15) is 4.79 Å². The van der Waals surface area contributed by atoms with E-state index in [0.29, 0.717) is 17.2 Å². The number of methoxy groups -OCH3 is 1. The topological polar surface area (TPSA) is 48.4 Å². The van der Waals surface area contributed by atoms with Gasteiger partial charge < -0.3 is 9.47 Å². The highest BCUT2D eigenvalue weighted by Crippen LogP contribution is 2.29. The van der Waals surface area contributed by atoms with Crippen LogP contribution in [-0.2, 0) is 4.74 Å². The van der Waals surface area contributed by atoms with Gasteiger partial charge in [-0.3, -0.25) is 9.78 Å². The van der Waals surface area contributed by atoms with Crippen molar-refractivity contribution in [2.24, 2.45) is 5.92 Å². The lowest BCUT2D eigenvalue weighted by Gasteiger charge is -2.28. The summed E-state index contributed by atoms with van der Waals surface area (Å²) in [5.41, 5.74) is 0.575. The molecule has 1 aromatic rings. The molecule has 0 saturated heterocycles. The number of rotatable bonds is 6. The first kappa shape index (κ1) is 16.0. The molecule has 1 aliphatic rings. The van der Waals surface area contributed by atoms with Crippen LogP contribution in [0.25, 0.3) is 0 Å². The van der Waals surface area contributed by atoms with Gasteiger partial charge in [0.15, 0.2) is 5.78 Å². The Labute approximate surface area is 126 Å². The molecular weight excluding hydrogens is 266 g/mol. The normalized spacial score (nSPS) is 17.7. The fraction of sp³-hybridized carbons (Fsp3) is 0.647. The van der Waals surface area contributed by atoms with E-state index < -0.39 is 0 Å². The molecule has 4 heteroatoms. The number of Topliss-reactive ketones (excluding diaryl/α,β-unsaturated/α-hetero) is 1. The van der Waals surface area contributed by atoms with E-state index in [2.05, 4.69) is 4.98 Å². The molecule has 2 rings (SSSR count). The zero-order valence-electron chi connectivity index (χ0n) is 13.2. The van der Waals surface area contributed by atoms with Crippen LogP contribution in [0.3, 0.4) is 0 Å². The molecule has 1 atom stereocenters. The molecule has 0 N–H and O–H groups in total. The average Bonchev–Trinajstić information content (AvgIpc) is 2.48. The Balaban J connectivity index is 2.13. The quantitative estimate of drug-likeness (QED) is 0.751. The maximum Gasteiger partial charge on any atom is 0.193 e. The van der Waals surface area contributed by atoms with Gasteiger partial charge in [0.25, 0.3) is 0 Å². The van der Waals surface area contributed by atoms with E-state index in [1.54, 1.807) is 25.6 Å². The Morgan fingerprint density at radius 1 is 1.24 bits per heavy atom. The molecule has 1 fully saturated rings. The molecule has 0 aliphatic heterocycles. The van der Waals surface area contributed by atoms with Crippen LogP contribution in [0.5, 0.6) is 5.75 Å². The molecule has 0 amide bonds. The van der Waals surface area contributed by atoms with Crippen molar-refractivity contribution in [1.29, 1.82) is 0 Å². The van der Waals surface area contributed by atoms with E-state index in [-0.39, 0.29) is 18.0 Å². The lowest BCUT2D eigenvalue weighted by molar-refractivity contribution is 0.0313. The van der Waals surface area contributed by atoms with Gasteiger partial charge in [-0.2, -0.15) is 0 Å². The highest BCUT2D eigenvalue weighted by Gasteiger charge is 2.30. The largest absolute Gasteiger partial charge is 0.489 e. The summed E-state index contributed by atoms with van der Waals surface area (Å²) >= 11 is 0. The molecule has 1 aliphatic carbocycles. The number of nitrogens with zero attached hydrogens (tertiary/aromatic N) is 1. The maximum atomic E-state index is 12.7. The van der Waals surface area contributed by atoms with Crippen molar-refractivity contribution in [3.05, 3.63) is 24.0 Å². The maximum absolute atomic E-state index is 12.7. The summed E-state index contributed by atoms with van der Waals surface area (Å²) in [7, 11) is 1.62. The minimum atomic E-state index is -0.360. The second kappa shape index (κ2) is 7.55. The summed E-state index contributed by atoms with van der Waals surface area (Å²) in [6, 6.07) is 1.77. The smallest absolute Gasteiger partial charge is 0.193 e. The van der Waals surface area contributed by atoms with Gasteiger partial charge in [-0.25, -0.2) is 0 Å². The summed E-state index contributed by atoms with van der Waals surface area (Å²) in [6.07, 6.45) is 8.72. The van der Waals surface area contributed by atoms with E-state index in [1.807, 2.05) is 13.8 Å². The molecule has 1 saturated carbocycles. The molecule has 0 radical (unpaired) electrons. The predicted molar refractivity (Wildman–Crippen MR) is 81.7 cm³/mol. The summed E-state index contributed by atoms with van der Waals surface area (Å²) in [5.74, 6) is 0.978. The molecule has 0 aromatic carbocycles. The van der Waals surface area contributed by atoms with Crippen molar-refractivity contribution in [1.82, 2.24) is 4.98 Å². The highest BCUT2D eigenvalue weighted by atomic mass is 16.5. The molecule has 116 valence electrons. The number of ether oxygens (including phenoxy) is 2. The van der Waals surface area contributed by atoms with Gasteiger partial charge in [-0.05, 0) is 38.7 Å². The van der Waals surface area contributed by atoms with E-state index >= 15 is 0 Å². The third-order valence-electron chi connectivity index (χ3n) is 3.96. The fourth-order valence-corrected chi connectivity index (χ4v) is 3.00. The van der Waals surface area contributed by atoms with Crippen LogP contribution in [0.2, 0.25) is 0 Å². The fourth-order valence-electron chi connectivity index (χ4n) is 3.00. The van der Waals surface area contributed by atoms with Gasteiger partial charge in [-0.15, -0.1) is 0 Å². The van der Waals surface area contributed by atoms with Gasteiger partial charge in [-0.1, -0.05) is 19.3 Å². The number of pyridine rings is 1. The Kier molecular flexibility index (Phi) is 5.74. The molecule has 21 heavy (non-hydrogen) atoms. The third-order valence-corrected chi connectivity index (χ3v) is 3.96. The van der Waals surface area contributed by atoms with Crippen molar-refractivity contribution in [3.8, 4) is 5.75 Å². The van der Waals surface area contributed by atoms with E-state index in [0.717, 1.165) is 12.8 Å². The van der Waals surface area contributed by atoms with Crippen LogP contribution < -0.4 is 4.74 Å². The zero-order chi connectivity index (χ0) is 15.2. The van der Waals surface area contributed by atoms with Crippen LogP contribution in [0.4, 0.5) is 0 Å². The lowest BCUT2D eigenvalue weighted by atomic mass is 9.82. The first-order chi connectivity index (χ1) is 10.1. The third kappa shape index (κ3) is 4.27. The molecule has 1 heterocycles. The molecule has 1 aromatic heterocycles. The number of carbonyl (C=O) groups is 1. The van der Waals surface area contributed by atoms with Crippen LogP contribution in [0, 0.1) is 5.92 Å². The zero-order valence-corrected chi connectivity index (χ0v) is 13.2. The van der Waals surface area contributed by atoms with Gasteiger partial charge >= 0.3 is 0 Å². The van der Waals surface area contributed by atoms with Crippen molar-refractivity contribution < 1.29 is 14.3 Å². The molecule has 1 unspecified atom stereocenters. The van der Waals surface area contributed by atoms with Crippen LogP contribution >= 0.6 is 0 Å². The minimum absolute atomic E-state index is 0.0195. The van der Waals surface area contributed by atoms with Gasteiger partial charge in [0.05, 0.1) is 12.3 Å². The summed E-state index contributed by atoms with van der Waals surface area (Å²) < 4.78 is 11.1. The number of ketones is 1. The van der Waals surface area contributed by atoms with Crippen molar-refractivity contribution >= 4 is 5.78 Å². The Morgan fingerprint density at radius 3 is 2.57 bits per heavy atom. The van der Waals surface area contributed by atoms with E-state index in [4.69, 9.17) is 9.47 Å². The Bertz CT molecular complexity index is 467. The second-order valence-electron chi connectivity index (χ2n) is 5.99. The van der Waals surface area contributed by atoms with Crippen molar-refractivity contribution in [2.75, 3.05) is 7.11 Å². The first-order valence-electron chi connectivity index (χ1n) is 7.80. The SMILES string of the molecule is COC(C(=O)c1cncc(OC(C)C)c1)C1CCCCC1. The van der Waals surface area contributed by atoms with Crippen molar-refractivity contribution in [2.45, 2.75) is 58.2 Å².